The lowest BCUT2D eigenvalue weighted by atomic mass is 10.1. The molecule has 0 aliphatic rings. The summed E-state index contributed by atoms with van der Waals surface area (Å²) in [6, 6.07) is 12.2. The average Bonchev–Trinajstić information content (AvgIpc) is 2.65. The highest BCUT2D eigenvalue weighted by Gasteiger charge is 2.10. The van der Waals surface area contributed by atoms with Gasteiger partial charge >= 0.3 is 0 Å². The first-order chi connectivity index (χ1) is 12.5. The van der Waals surface area contributed by atoms with Crippen LogP contribution in [0.25, 0.3) is 22.9 Å². The number of rotatable bonds is 5. The van der Waals surface area contributed by atoms with Gasteiger partial charge in [-0.05, 0) is 54.3 Å². The van der Waals surface area contributed by atoms with Gasteiger partial charge in [-0.1, -0.05) is 6.08 Å². The second-order valence-electron chi connectivity index (χ2n) is 5.76. The Hall–Kier alpha value is -3.41. The van der Waals surface area contributed by atoms with Gasteiger partial charge in [0.2, 0.25) is 0 Å². The molecule has 3 rings (SSSR count). The van der Waals surface area contributed by atoms with Crippen LogP contribution in [0.2, 0.25) is 0 Å². The van der Waals surface area contributed by atoms with Gasteiger partial charge in [0.25, 0.3) is 5.69 Å². The van der Waals surface area contributed by atoms with E-state index in [1.54, 1.807) is 26.4 Å². The van der Waals surface area contributed by atoms with Crippen LogP contribution in [0.1, 0.15) is 17.0 Å². The third kappa shape index (κ3) is 3.49. The molecule has 0 aliphatic heterocycles. The van der Waals surface area contributed by atoms with Crippen molar-refractivity contribution < 1.29 is 14.4 Å². The van der Waals surface area contributed by atoms with Crippen molar-refractivity contribution in [2.75, 3.05) is 14.2 Å². The minimum absolute atomic E-state index is 0.0677. The first-order valence-corrected chi connectivity index (χ1v) is 7.97. The number of aromatic nitrogens is 1. The molecule has 0 amide bonds. The van der Waals surface area contributed by atoms with Gasteiger partial charge in [0.05, 0.1) is 24.8 Å². The molecule has 6 heteroatoms. The van der Waals surface area contributed by atoms with Gasteiger partial charge in [-0.3, -0.25) is 15.1 Å². The summed E-state index contributed by atoms with van der Waals surface area (Å²) in [6.45, 7) is 1.93. The SMILES string of the molecule is COc1cc2cc(C)nc(/C=C/c3ccc([N+](=O)[O-])cc3)c2cc1OC. The third-order valence-corrected chi connectivity index (χ3v) is 4.03. The Labute approximate surface area is 150 Å². The molecule has 26 heavy (non-hydrogen) atoms. The normalized spacial score (nSPS) is 11.0. The van der Waals surface area contributed by atoms with Gasteiger partial charge in [-0.2, -0.15) is 0 Å². The Kier molecular flexibility index (Phi) is 4.84. The maximum absolute atomic E-state index is 10.7. The molecular formula is C20H18N2O4. The van der Waals surface area contributed by atoms with E-state index in [0.717, 1.165) is 27.7 Å². The Balaban J connectivity index is 2.04. The molecule has 2 aromatic carbocycles. The lowest BCUT2D eigenvalue weighted by molar-refractivity contribution is -0.384. The van der Waals surface area contributed by atoms with Crippen molar-refractivity contribution in [2.45, 2.75) is 6.92 Å². The standard InChI is InChI=1S/C20H18N2O4/c1-13-10-15-11-19(25-2)20(26-3)12-17(15)18(21-13)9-6-14-4-7-16(8-5-14)22(23)24/h4-12H,1-3H3/b9-6+. The minimum atomic E-state index is -0.414. The fourth-order valence-electron chi connectivity index (χ4n) is 2.75. The van der Waals surface area contributed by atoms with Gasteiger partial charge < -0.3 is 9.47 Å². The largest absolute Gasteiger partial charge is 0.493 e. The predicted molar refractivity (Wildman–Crippen MR) is 102 cm³/mol. The maximum atomic E-state index is 10.7. The van der Waals surface area contributed by atoms with Crippen LogP contribution in [0.5, 0.6) is 11.5 Å². The highest BCUT2D eigenvalue weighted by Crippen LogP contribution is 2.34. The van der Waals surface area contributed by atoms with E-state index in [2.05, 4.69) is 4.98 Å². The van der Waals surface area contributed by atoms with E-state index in [1.165, 1.54) is 12.1 Å². The summed E-state index contributed by atoms with van der Waals surface area (Å²) in [5, 5.41) is 12.7. The molecule has 0 saturated carbocycles. The fourth-order valence-corrected chi connectivity index (χ4v) is 2.75. The zero-order valence-electron chi connectivity index (χ0n) is 14.7. The van der Waals surface area contributed by atoms with E-state index in [1.807, 2.05) is 37.3 Å². The van der Waals surface area contributed by atoms with Crippen LogP contribution in [0.15, 0.2) is 42.5 Å². The fraction of sp³-hybridized carbons (Fsp3) is 0.150. The van der Waals surface area contributed by atoms with Gasteiger partial charge in [0.15, 0.2) is 11.5 Å². The monoisotopic (exact) mass is 350 g/mol. The Morgan fingerprint density at radius 1 is 1.00 bits per heavy atom. The van der Waals surface area contributed by atoms with Crippen LogP contribution in [0, 0.1) is 17.0 Å². The van der Waals surface area contributed by atoms with Gasteiger partial charge in [-0.15, -0.1) is 0 Å². The molecule has 1 heterocycles. The molecular weight excluding hydrogens is 332 g/mol. The number of hydrogen-bond donors (Lipinski definition) is 0. The first kappa shape index (κ1) is 17.4. The summed E-state index contributed by atoms with van der Waals surface area (Å²) in [6.07, 6.45) is 3.77. The zero-order chi connectivity index (χ0) is 18.7. The van der Waals surface area contributed by atoms with Crippen molar-refractivity contribution in [3.8, 4) is 11.5 Å². The minimum Gasteiger partial charge on any atom is -0.493 e. The van der Waals surface area contributed by atoms with E-state index < -0.39 is 4.92 Å². The lowest BCUT2D eigenvalue weighted by Crippen LogP contribution is -1.94. The van der Waals surface area contributed by atoms with Crippen LogP contribution >= 0.6 is 0 Å². The van der Waals surface area contributed by atoms with E-state index in [0.29, 0.717) is 11.5 Å². The summed E-state index contributed by atoms with van der Waals surface area (Å²) in [5.41, 5.74) is 2.60. The topological polar surface area (TPSA) is 74.5 Å². The number of aryl methyl sites for hydroxylation is 1. The molecule has 0 N–H and O–H groups in total. The molecule has 0 unspecified atom stereocenters. The highest BCUT2D eigenvalue weighted by molar-refractivity contribution is 5.93. The molecule has 0 spiro atoms. The van der Waals surface area contributed by atoms with Crippen molar-refractivity contribution in [1.29, 1.82) is 0 Å². The number of non-ortho nitro benzene ring substituents is 1. The molecule has 0 aliphatic carbocycles. The van der Waals surface area contributed by atoms with Crippen molar-refractivity contribution >= 4 is 28.6 Å². The lowest BCUT2D eigenvalue weighted by Gasteiger charge is -2.11. The predicted octanol–water partition coefficient (Wildman–Crippen LogP) is 4.64. The van der Waals surface area contributed by atoms with Gasteiger partial charge in [0.1, 0.15) is 0 Å². The second-order valence-corrected chi connectivity index (χ2v) is 5.76. The Morgan fingerprint density at radius 3 is 2.27 bits per heavy atom. The maximum Gasteiger partial charge on any atom is 0.269 e. The number of methoxy groups -OCH3 is 2. The number of hydrogen-bond acceptors (Lipinski definition) is 5. The van der Waals surface area contributed by atoms with E-state index >= 15 is 0 Å². The number of nitro groups is 1. The number of pyridine rings is 1. The Bertz CT molecular complexity index is 995. The number of nitro benzene ring substituents is 1. The molecule has 0 fully saturated rings. The number of nitrogens with zero attached hydrogens (tertiary/aromatic N) is 2. The molecule has 0 atom stereocenters. The number of fused-ring (bicyclic) bond motifs is 1. The summed E-state index contributed by atoms with van der Waals surface area (Å²) >= 11 is 0. The van der Waals surface area contributed by atoms with Gasteiger partial charge in [0, 0.05) is 23.2 Å². The molecule has 0 bridgehead atoms. The second kappa shape index (κ2) is 7.23. The average molecular weight is 350 g/mol. The van der Waals surface area contributed by atoms with Gasteiger partial charge in [-0.25, -0.2) is 0 Å². The van der Waals surface area contributed by atoms with Crippen molar-refractivity contribution in [2.24, 2.45) is 0 Å². The summed E-state index contributed by atoms with van der Waals surface area (Å²) in [7, 11) is 3.20. The molecule has 0 saturated heterocycles. The summed E-state index contributed by atoms with van der Waals surface area (Å²) < 4.78 is 10.8. The van der Waals surface area contributed by atoms with Crippen LogP contribution in [-0.4, -0.2) is 24.1 Å². The number of benzene rings is 2. The molecule has 3 aromatic rings. The Morgan fingerprint density at radius 2 is 1.65 bits per heavy atom. The molecule has 0 radical (unpaired) electrons. The molecule has 6 nitrogen and oxygen atoms in total. The summed E-state index contributed by atoms with van der Waals surface area (Å²) in [4.78, 5) is 14.9. The summed E-state index contributed by atoms with van der Waals surface area (Å²) in [5.74, 6) is 1.30. The third-order valence-electron chi connectivity index (χ3n) is 4.03. The zero-order valence-corrected chi connectivity index (χ0v) is 14.7. The van der Waals surface area contributed by atoms with Crippen LogP contribution in [-0.2, 0) is 0 Å². The van der Waals surface area contributed by atoms with Crippen molar-refractivity contribution in [3.63, 3.8) is 0 Å². The first-order valence-electron chi connectivity index (χ1n) is 7.97. The van der Waals surface area contributed by atoms with Crippen LogP contribution in [0.4, 0.5) is 5.69 Å². The van der Waals surface area contributed by atoms with E-state index in [-0.39, 0.29) is 5.69 Å². The van der Waals surface area contributed by atoms with Crippen LogP contribution < -0.4 is 9.47 Å². The number of ether oxygens (including phenoxy) is 2. The van der Waals surface area contributed by atoms with Crippen molar-refractivity contribution in [1.82, 2.24) is 4.98 Å². The highest BCUT2D eigenvalue weighted by atomic mass is 16.6. The molecule has 132 valence electrons. The van der Waals surface area contributed by atoms with Crippen LogP contribution in [0.3, 0.4) is 0 Å². The quantitative estimate of drug-likeness (QED) is 0.495. The van der Waals surface area contributed by atoms with E-state index in [9.17, 15) is 10.1 Å². The van der Waals surface area contributed by atoms with Crippen molar-refractivity contribution in [3.05, 3.63) is 69.5 Å². The van der Waals surface area contributed by atoms with E-state index in [4.69, 9.17) is 9.47 Å². The smallest absolute Gasteiger partial charge is 0.269 e. The molecule has 1 aromatic heterocycles.